The molecule has 0 aliphatic carbocycles. The van der Waals surface area contributed by atoms with Gasteiger partial charge in [-0.15, -0.1) is 0 Å². The summed E-state index contributed by atoms with van der Waals surface area (Å²) >= 11 is 5.81. The summed E-state index contributed by atoms with van der Waals surface area (Å²) in [6.07, 6.45) is 0.576. The lowest BCUT2D eigenvalue weighted by atomic mass is 10.0. The van der Waals surface area contributed by atoms with E-state index in [9.17, 15) is 12.8 Å². The zero-order chi connectivity index (χ0) is 17.0. The zero-order valence-electron chi connectivity index (χ0n) is 13.0. The fourth-order valence-electron chi connectivity index (χ4n) is 2.51. The van der Waals surface area contributed by atoms with Crippen LogP contribution < -0.4 is 4.72 Å². The molecule has 2 atom stereocenters. The minimum atomic E-state index is -3.60. The first-order valence-corrected chi connectivity index (χ1v) is 9.07. The minimum absolute atomic E-state index is 0.0236. The SMILES string of the molecule is COCCCNS(=O)(=O)C1CON(C)C1c1ccc(F)c(Cl)c1. The number of benzene rings is 1. The molecule has 1 aromatic carbocycles. The van der Waals surface area contributed by atoms with Gasteiger partial charge in [-0.1, -0.05) is 17.7 Å². The average Bonchev–Trinajstić information content (AvgIpc) is 2.89. The maximum Gasteiger partial charge on any atom is 0.218 e. The van der Waals surface area contributed by atoms with Gasteiger partial charge in [0.05, 0.1) is 17.7 Å². The molecule has 1 aromatic rings. The van der Waals surface area contributed by atoms with Gasteiger partial charge in [0.15, 0.2) is 0 Å². The van der Waals surface area contributed by atoms with E-state index in [2.05, 4.69) is 4.72 Å². The van der Waals surface area contributed by atoms with Crippen molar-refractivity contribution in [3.63, 3.8) is 0 Å². The van der Waals surface area contributed by atoms with Gasteiger partial charge in [-0.25, -0.2) is 17.5 Å². The van der Waals surface area contributed by atoms with Gasteiger partial charge in [0.25, 0.3) is 0 Å². The number of nitrogens with one attached hydrogen (secondary N) is 1. The molecule has 1 heterocycles. The summed E-state index contributed by atoms with van der Waals surface area (Å²) in [5, 5.41) is 0.603. The molecule has 0 aromatic heterocycles. The van der Waals surface area contributed by atoms with Gasteiger partial charge in [0.2, 0.25) is 10.0 Å². The third-order valence-electron chi connectivity index (χ3n) is 3.70. The van der Waals surface area contributed by atoms with Crippen LogP contribution in [0.25, 0.3) is 0 Å². The summed E-state index contributed by atoms with van der Waals surface area (Å²) in [5.74, 6) is -0.547. The summed E-state index contributed by atoms with van der Waals surface area (Å²) in [4.78, 5) is 5.37. The monoisotopic (exact) mass is 366 g/mol. The predicted octanol–water partition coefficient (Wildman–Crippen LogP) is 1.72. The third-order valence-corrected chi connectivity index (χ3v) is 5.79. The smallest absolute Gasteiger partial charge is 0.218 e. The Morgan fingerprint density at radius 2 is 2.26 bits per heavy atom. The first kappa shape index (κ1) is 18.6. The molecule has 0 amide bonds. The number of sulfonamides is 1. The van der Waals surface area contributed by atoms with Crippen LogP contribution >= 0.6 is 11.6 Å². The quantitative estimate of drug-likeness (QED) is 0.744. The van der Waals surface area contributed by atoms with Gasteiger partial charge in [-0.2, -0.15) is 5.06 Å². The molecule has 1 aliphatic rings. The number of ether oxygens (including phenoxy) is 1. The van der Waals surface area contributed by atoms with E-state index >= 15 is 0 Å². The van der Waals surface area contributed by atoms with Crippen molar-refractivity contribution in [2.24, 2.45) is 0 Å². The largest absolute Gasteiger partial charge is 0.385 e. The molecular weight excluding hydrogens is 347 g/mol. The highest BCUT2D eigenvalue weighted by atomic mass is 35.5. The van der Waals surface area contributed by atoms with E-state index in [1.54, 1.807) is 14.2 Å². The van der Waals surface area contributed by atoms with Gasteiger partial charge >= 0.3 is 0 Å². The van der Waals surface area contributed by atoms with Gasteiger partial charge in [0, 0.05) is 27.3 Å². The molecule has 130 valence electrons. The first-order chi connectivity index (χ1) is 10.9. The highest BCUT2D eigenvalue weighted by Gasteiger charge is 2.43. The van der Waals surface area contributed by atoms with Crippen LogP contribution in [-0.2, 0) is 19.6 Å². The first-order valence-electron chi connectivity index (χ1n) is 7.15. The molecule has 0 saturated carbocycles. The van der Waals surface area contributed by atoms with Crippen molar-refractivity contribution in [3.05, 3.63) is 34.6 Å². The predicted molar refractivity (Wildman–Crippen MR) is 85.1 cm³/mol. The van der Waals surface area contributed by atoms with Crippen LogP contribution in [-0.4, -0.2) is 52.6 Å². The molecule has 2 unspecified atom stereocenters. The molecule has 0 spiro atoms. The standard InChI is InChI=1S/C14H20ClFN2O4S/c1-18-14(10-4-5-12(16)11(15)8-10)13(9-22-18)23(19,20)17-6-3-7-21-2/h4-5,8,13-14,17H,3,6-7,9H2,1-2H3. The van der Waals surface area contributed by atoms with E-state index in [0.717, 1.165) is 0 Å². The molecule has 0 radical (unpaired) electrons. The zero-order valence-corrected chi connectivity index (χ0v) is 14.5. The van der Waals surface area contributed by atoms with Gasteiger partial charge in [-0.05, 0) is 24.1 Å². The van der Waals surface area contributed by atoms with E-state index < -0.39 is 27.1 Å². The van der Waals surface area contributed by atoms with E-state index in [-0.39, 0.29) is 18.2 Å². The molecule has 1 N–H and O–H groups in total. The number of methoxy groups -OCH3 is 1. The Morgan fingerprint density at radius 1 is 1.52 bits per heavy atom. The summed E-state index contributed by atoms with van der Waals surface area (Å²) in [7, 11) is -0.403. The lowest BCUT2D eigenvalue weighted by molar-refractivity contribution is -0.110. The molecule has 1 saturated heterocycles. The molecule has 23 heavy (non-hydrogen) atoms. The Balaban J connectivity index is 2.18. The highest BCUT2D eigenvalue weighted by Crippen LogP contribution is 2.34. The number of hydrogen-bond acceptors (Lipinski definition) is 5. The maximum absolute atomic E-state index is 13.3. The second kappa shape index (κ2) is 7.87. The van der Waals surface area contributed by atoms with E-state index in [4.69, 9.17) is 21.2 Å². The van der Waals surface area contributed by atoms with Crippen molar-refractivity contribution in [2.45, 2.75) is 17.7 Å². The van der Waals surface area contributed by atoms with Crippen LogP contribution in [0.2, 0.25) is 5.02 Å². The lowest BCUT2D eigenvalue weighted by Crippen LogP contribution is -2.39. The highest BCUT2D eigenvalue weighted by molar-refractivity contribution is 7.90. The molecule has 1 aliphatic heterocycles. The van der Waals surface area contributed by atoms with Crippen molar-refractivity contribution in [3.8, 4) is 0 Å². The minimum Gasteiger partial charge on any atom is -0.385 e. The van der Waals surface area contributed by atoms with Crippen molar-refractivity contribution in [1.82, 2.24) is 9.79 Å². The Morgan fingerprint density at radius 3 is 2.91 bits per heavy atom. The van der Waals surface area contributed by atoms with E-state index in [1.165, 1.54) is 23.3 Å². The second-order valence-electron chi connectivity index (χ2n) is 5.28. The van der Waals surface area contributed by atoms with E-state index in [0.29, 0.717) is 18.6 Å². The van der Waals surface area contributed by atoms with Crippen LogP contribution in [0.15, 0.2) is 18.2 Å². The fourth-order valence-corrected chi connectivity index (χ4v) is 4.25. The molecular formula is C14H20ClFN2O4S. The lowest BCUT2D eigenvalue weighted by Gasteiger charge is -2.23. The molecule has 1 fully saturated rings. The molecule has 2 rings (SSSR count). The normalized spacial score (nSPS) is 22.6. The topological polar surface area (TPSA) is 67.9 Å². The van der Waals surface area contributed by atoms with Crippen LogP contribution in [0.1, 0.15) is 18.0 Å². The molecule has 6 nitrogen and oxygen atoms in total. The summed E-state index contributed by atoms with van der Waals surface area (Å²) in [6.45, 7) is 0.781. The summed E-state index contributed by atoms with van der Waals surface area (Å²) in [6, 6.07) is 3.61. The van der Waals surface area contributed by atoms with Crippen molar-refractivity contribution >= 4 is 21.6 Å². The second-order valence-corrected chi connectivity index (χ2v) is 7.68. The molecule has 0 bridgehead atoms. The number of hydrogen-bond donors (Lipinski definition) is 1. The van der Waals surface area contributed by atoms with Crippen molar-refractivity contribution < 1.29 is 22.4 Å². The van der Waals surface area contributed by atoms with Crippen molar-refractivity contribution in [1.29, 1.82) is 0 Å². The number of nitrogens with zero attached hydrogens (tertiary/aromatic N) is 1. The summed E-state index contributed by atoms with van der Waals surface area (Å²) in [5.41, 5.74) is 0.587. The number of halogens is 2. The Labute approximate surface area is 140 Å². The van der Waals surface area contributed by atoms with Crippen LogP contribution in [0.4, 0.5) is 4.39 Å². The van der Waals surface area contributed by atoms with Crippen molar-refractivity contribution in [2.75, 3.05) is 33.9 Å². The summed E-state index contributed by atoms with van der Waals surface area (Å²) < 4.78 is 45.8. The van der Waals surface area contributed by atoms with Crippen LogP contribution in [0.3, 0.4) is 0 Å². The molecule has 9 heteroatoms. The Bertz CT molecular complexity index is 644. The van der Waals surface area contributed by atoms with Crippen LogP contribution in [0, 0.1) is 5.82 Å². The maximum atomic E-state index is 13.3. The third kappa shape index (κ3) is 4.40. The van der Waals surface area contributed by atoms with Crippen LogP contribution in [0.5, 0.6) is 0 Å². The Kier molecular flexibility index (Phi) is 6.35. The number of hydroxylamine groups is 2. The van der Waals surface area contributed by atoms with Gasteiger partial charge in [0.1, 0.15) is 11.1 Å². The fraction of sp³-hybridized carbons (Fsp3) is 0.571. The van der Waals surface area contributed by atoms with E-state index in [1.807, 2.05) is 0 Å². The number of rotatable bonds is 7. The van der Waals surface area contributed by atoms with Gasteiger partial charge in [-0.3, -0.25) is 4.84 Å². The Hall–Kier alpha value is -0.770. The average molecular weight is 367 g/mol. The van der Waals surface area contributed by atoms with Gasteiger partial charge < -0.3 is 4.74 Å².